The molecule has 1 N–H and O–H groups in total. The van der Waals surface area contributed by atoms with E-state index in [0.29, 0.717) is 21.2 Å². The van der Waals surface area contributed by atoms with E-state index in [4.69, 9.17) is 23.2 Å². The van der Waals surface area contributed by atoms with Gasteiger partial charge in [0.1, 0.15) is 0 Å². The van der Waals surface area contributed by atoms with Crippen molar-refractivity contribution in [3.63, 3.8) is 0 Å². The molecule has 3 nitrogen and oxygen atoms in total. The Labute approximate surface area is 166 Å². The highest BCUT2D eigenvalue weighted by Gasteiger charge is 2.18. The number of benzene rings is 3. The van der Waals surface area contributed by atoms with Crippen LogP contribution in [0.2, 0.25) is 10.0 Å². The van der Waals surface area contributed by atoms with E-state index in [-0.39, 0.29) is 5.78 Å². The zero-order valence-corrected chi connectivity index (χ0v) is 15.6. The van der Waals surface area contributed by atoms with Crippen LogP contribution in [0, 0.1) is 0 Å². The van der Waals surface area contributed by atoms with E-state index in [1.807, 2.05) is 66.7 Å². The van der Waals surface area contributed by atoms with E-state index in [1.165, 1.54) is 0 Å². The molecule has 1 heterocycles. The number of ketones is 1. The van der Waals surface area contributed by atoms with Crippen molar-refractivity contribution in [3.05, 3.63) is 100 Å². The quantitative estimate of drug-likeness (QED) is 0.415. The zero-order chi connectivity index (χ0) is 18.8. The van der Waals surface area contributed by atoms with Crippen molar-refractivity contribution >= 4 is 29.0 Å². The molecule has 0 aliphatic carbocycles. The Morgan fingerprint density at radius 1 is 0.815 bits per heavy atom. The number of nitrogens with one attached hydrogen (secondary N) is 1. The Morgan fingerprint density at radius 3 is 2.22 bits per heavy atom. The van der Waals surface area contributed by atoms with Gasteiger partial charge in [-0.1, -0.05) is 77.8 Å². The molecule has 27 heavy (non-hydrogen) atoms. The minimum atomic E-state index is -0.0394. The minimum absolute atomic E-state index is 0.0394. The van der Waals surface area contributed by atoms with E-state index in [2.05, 4.69) is 10.2 Å². The summed E-state index contributed by atoms with van der Waals surface area (Å²) in [5.74, 6) is -0.0394. The number of aromatic nitrogens is 2. The minimum Gasteiger partial charge on any atom is -0.289 e. The number of halogens is 2. The average Bonchev–Trinajstić information content (AvgIpc) is 3.17. The van der Waals surface area contributed by atoms with Crippen LogP contribution in [0.4, 0.5) is 0 Å². The van der Waals surface area contributed by atoms with E-state index in [1.54, 1.807) is 12.3 Å². The molecule has 4 rings (SSSR count). The van der Waals surface area contributed by atoms with E-state index >= 15 is 0 Å². The van der Waals surface area contributed by atoms with Gasteiger partial charge in [-0.25, -0.2) is 0 Å². The van der Waals surface area contributed by atoms with Gasteiger partial charge in [0.05, 0.1) is 11.9 Å². The van der Waals surface area contributed by atoms with Crippen LogP contribution in [0.3, 0.4) is 0 Å². The van der Waals surface area contributed by atoms with Crippen LogP contribution in [0.1, 0.15) is 15.9 Å². The first-order chi connectivity index (χ1) is 13.1. The highest BCUT2D eigenvalue weighted by atomic mass is 35.5. The Balaban J connectivity index is 1.85. The monoisotopic (exact) mass is 392 g/mol. The third kappa shape index (κ3) is 3.52. The van der Waals surface area contributed by atoms with Crippen LogP contribution < -0.4 is 0 Å². The van der Waals surface area contributed by atoms with Crippen LogP contribution in [0.5, 0.6) is 0 Å². The van der Waals surface area contributed by atoms with Crippen LogP contribution in [-0.4, -0.2) is 16.0 Å². The van der Waals surface area contributed by atoms with Gasteiger partial charge in [0, 0.05) is 32.3 Å². The highest BCUT2D eigenvalue weighted by Crippen LogP contribution is 2.35. The second kappa shape index (κ2) is 7.39. The smallest absolute Gasteiger partial charge is 0.193 e. The first-order valence-electron chi connectivity index (χ1n) is 8.32. The van der Waals surface area contributed by atoms with Gasteiger partial charge < -0.3 is 0 Å². The number of carbonyl (C=O) groups is 1. The van der Waals surface area contributed by atoms with Crippen LogP contribution in [-0.2, 0) is 0 Å². The molecule has 0 radical (unpaired) electrons. The third-order valence-corrected chi connectivity index (χ3v) is 4.72. The first-order valence-corrected chi connectivity index (χ1v) is 9.08. The summed E-state index contributed by atoms with van der Waals surface area (Å²) >= 11 is 12.3. The Morgan fingerprint density at radius 2 is 1.48 bits per heavy atom. The number of nitrogens with zero attached hydrogens (tertiary/aromatic N) is 1. The van der Waals surface area contributed by atoms with Gasteiger partial charge in [-0.2, -0.15) is 5.10 Å². The van der Waals surface area contributed by atoms with E-state index < -0.39 is 0 Å². The molecule has 0 spiro atoms. The number of hydrogen-bond donors (Lipinski definition) is 1. The van der Waals surface area contributed by atoms with Gasteiger partial charge in [0.15, 0.2) is 5.78 Å². The second-order valence-electron chi connectivity index (χ2n) is 6.06. The standard InChI is InChI=1S/C22H14Cl2N2O/c23-16-10-15(11-17(24)12-16)21-20(13-25-26-21)18-8-4-5-9-19(18)22(27)14-6-2-1-3-7-14/h1-13H,(H,25,26). The SMILES string of the molecule is O=C(c1ccccc1)c1ccccc1-c1cn[nH]c1-c1cc(Cl)cc(Cl)c1. The Bertz CT molecular complexity index is 1100. The maximum atomic E-state index is 13.0. The second-order valence-corrected chi connectivity index (χ2v) is 6.93. The molecule has 0 saturated heterocycles. The average molecular weight is 393 g/mol. The lowest BCUT2D eigenvalue weighted by atomic mass is 9.93. The molecule has 132 valence electrons. The lowest BCUT2D eigenvalue weighted by Crippen LogP contribution is -2.03. The van der Waals surface area contributed by atoms with Crippen LogP contribution in [0.15, 0.2) is 79.0 Å². The summed E-state index contributed by atoms with van der Waals surface area (Å²) in [5, 5.41) is 8.26. The molecule has 1 aromatic heterocycles. The van der Waals surface area contributed by atoms with Gasteiger partial charge in [-0.15, -0.1) is 0 Å². The van der Waals surface area contributed by atoms with Gasteiger partial charge in [0.25, 0.3) is 0 Å². The number of H-pyrrole nitrogens is 1. The maximum absolute atomic E-state index is 13.0. The summed E-state index contributed by atoms with van der Waals surface area (Å²) in [6.07, 6.45) is 1.71. The highest BCUT2D eigenvalue weighted by molar-refractivity contribution is 6.35. The summed E-state index contributed by atoms with van der Waals surface area (Å²) in [5.41, 5.74) is 4.43. The fraction of sp³-hybridized carbons (Fsp3) is 0. The van der Waals surface area contributed by atoms with E-state index in [0.717, 1.165) is 22.4 Å². The molecule has 5 heteroatoms. The van der Waals surface area contributed by atoms with Crippen molar-refractivity contribution in [2.45, 2.75) is 0 Å². The number of carbonyl (C=O) groups excluding carboxylic acids is 1. The fourth-order valence-electron chi connectivity index (χ4n) is 3.07. The van der Waals surface area contributed by atoms with Crippen LogP contribution in [0.25, 0.3) is 22.4 Å². The molecule has 0 bridgehead atoms. The molecular weight excluding hydrogens is 379 g/mol. The lowest BCUT2D eigenvalue weighted by Gasteiger charge is -2.10. The molecule has 0 saturated carbocycles. The van der Waals surface area contributed by atoms with Gasteiger partial charge in [-0.05, 0) is 23.8 Å². The van der Waals surface area contributed by atoms with Gasteiger partial charge in [-0.3, -0.25) is 9.89 Å². The molecule has 0 unspecified atom stereocenters. The first kappa shape index (κ1) is 17.5. The van der Waals surface area contributed by atoms with Crippen molar-refractivity contribution in [2.24, 2.45) is 0 Å². The Kier molecular flexibility index (Phi) is 4.80. The van der Waals surface area contributed by atoms with Crippen LogP contribution >= 0.6 is 23.2 Å². The molecule has 0 aliphatic rings. The summed E-state index contributed by atoms with van der Waals surface area (Å²) in [6.45, 7) is 0. The predicted octanol–water partition coefficient (Wildman–Crippen LogP) is 6.28. The van der Waals surface area contributed by atoms with Crippen molar-refractivity contribution in [3.8, 4) is 22.4 Å². The Hall–Kier alpha value is -2.88. The molecule has 0 atom stereocenters. The van der Waals surface area contributed by atoms with Crippen molar-refractivity contribution in [1.82, 2.24) is 10.2 Å². The fourth-order valence-corrected chi connectivity index (χ4v) is 3.60. The summed E-state index contributed by atoms with van der Waals surface area (Å²) in [4.78, 5) is 13.0. The van der Waals surface area contributed by atoms with Gasteiger partial charge in [0.2, 0.25) is 0 Å². The molecule has 3 aromatic carbocycles. The molecule has 4 aromatic rings. The zero-order valence-electron chi connectivity index (χ0n) is 14.1. The summed E-state index contributed by atoms with van der Waals surface area (Å²) in [7, 11) is 0. The predicted molar refractivity (Wildman–Crippen MR) is 109 cm³/mol. The normalized spacial score (nSPS) is 10.7. The van der Waals surface area contributed by atoms with E-state index in [9.17, 15) is 4.79 Å². The number of aromatic amines is 1. The third-order valence-electron chi connectivity index (χ3n) is 4.29. The molecule has 0 fully saturated rings. The topological polar surface area (TPSA) is 45.8 Å². The molecule has 0 aliphatic heterocycles. The van der Waals surface area contributed by atoms with Crippen molar-refractivity contribution in [1.29, 1.82) is 0 Å². The summed E-state index contributed by atoms with van der Waals surface area (Å²) < 4.78 is 0. The number of rotatable bonds is 4. The number of hydrogen-bond acceptors (Lipinski definition) is 2. The summed E-state index contributed by atoms with van der Waals surface area (Å²) in [6, 6.07) is 22.0. The van der Waals surface area contributed by atoms with Gasteiger partial charge >= 0.3 is 0 Å². The van der Waals surface area contributed by atoms with Crippen molar-refractivity contribution < 1.29 is 4.79 Å². The van der Waals surface area contributed by atoms with Crippen molar-refractivity contribution in [2.75, 3.05) is 0 Å². The lowest BCUT2D eigenvalue weighted by molar-refractivity contribution is 0.103. The molecular formula is C22H14Cl2N2O. The largest absolute Gasteiger partial charge is 0.289 e. The maximum Gasteiger partial charge on any atom is 0.193 e. The molecule has 0 amide bonds.